The summed E-state index contributed by atoms with van der Waals surface area (Å²) in [5.41, 5.74) is 3.48. The molecule has 1 amide bonds. The van der Waals surface area contributed by atoms with E-state index in [1.54, 1.807) is 17.0 Å². The highest BCUT2D eigenvalue weighted by molar-refractivity contribution is 7.20. The van der Waals surface area contributed by atoms with Crippen molar-refractivity contribution in [1.29, 1.82) is 0 Å². The Morgan fingerprint density at radius 1 is 1.20 bits per heavy atom. The van der Waals surface area contributed by atoms with Crippen LogP contribution in [0.15, 0.2) is 61.1 Å². The maximum absolute atomic E-state index is 13.8. The second-order valence-electron chi connectivity index (χ2n) is 10.8. The van der Waals surface area contributed by atoms with Crippen LogP contribution in [0.3, 0.4) is 0 Å². The summed E-state index contributed by atoms with van der Waals surface area (Å²) < 4.78 is 27.6. The predicted molar refractivity (Wildman–Crippen MR) is 167 cm³/mol. The minimum absolute atomic E-state index is 0.0670. The number of amides is 1. The number of benzene rings is 2. The van der Waals surface area contributed by atoms with Crippen molar-refractivity contribution in [2.45, 2.75) is 31.5 Å². The topological polar surface area (TPSA) is 106 Å². The lowest BCUT2D eigenvalue weighted by Crippen LogP contribution is -2.42. The molecule has 0 spiro atoms. The molecule has 224 valence electrons. The third kappa shape index (κ3) is 5.94. The molecule has 2 N–H and O–H groups in total. The molecule has 2 aliphatic heterocycles. The van der Waals surface area contributed by atoms with Crippen LogP contribution in [0.5, 0.6) is 0 Å². The lowest BCUT2D eigenvalue weighted by Gasteiger charge is -2.27. The summed E-state index contributed by atoms with van der Waals surface area (Å²) in [5, 5.41) is 12.3. The van der Waals surface area contributed by atoms with Crippen LogP contribution in [0.2, 0.25) is 0 Å². The highest BCUT2D eigenvalue weighted by Gasteiger charge is 2.28. The van der Waals surface area contributed by atoms with Gasteiger partial charge in [-0.25, -0.2) is 19.2 Å². The van der Waals surface area contributed by atoms with Gasteiger partial charge in [-0.05, 0) is 48.9 Å². The van der Waals surface area contributed by atoms with Gasteiger partial charge in [-0.2, -0.15) is 5.10 Å². The fourth-order valence-corrected chi connectivity index (χ4v) is 6.43. The predicted octanol–water partition coefficient (Wildman–Crippen LogP) is 5.08. The summed E-state index contributed by atoms with van der Waals surface area (Å²) in [6.07, 6.45) is 3.50. The lowest BCUT2D eigenvalue weighted by molar-refractivity contribution is 0.0156. The maximum Gasteiger partial charge on any atom is 0.410 e. The number of rotatable bonds is 5. The summed E-state index contributed by atoms with van der Waals surface area (Å²) in [4.78, 5) is 23.9. The van der Waals surface area contributed by atoms with Crippen molar-refractivity contribution >= 4 is 50.1 Å². The van der Waals surface area contributed by atoms with E-state index in [4.69, 9.17) is 9.47 Å². The van der Waals surface area contributed by atoms with Crippen molar-refractivity contribution in [2.75, 3.05) is 38.2 Å². The number of nitrogens with zero attached hydrogens (tertiary/aromatic N) is 5. The average Bonchev–Trinajstić information content (AvgIpc) is 3.78. The van der Waals surface area contributed by atoms with Crippen molar-refractivity contribution in [3.05, 3.63) is 77.3 Å². The molecule has 0 aliphatic carbocycles. The quantitative estimate of drug-likeness (QED) is 0.265. The molecule has 2 fully saturated rings. The first kappa shape index (κ1) is 28.2. The Bertz CT molecular complexity index is 1890. The second kappa shape index (κ2) is 12.2. The number of thiophene rings is 1. The summed E-state index contributed by atoms with van der Waals surface area (Å²) >= 11 is 1.53. The first-order chi connectivity index (χ1) is 21.5. The van der Waals surface area contributed by atoms with Crippen LogP contribution in [0, 0.1) is 17.7 Å². The molecule has 12 heteroatoms. The van der Waals surface area contributed by atoms with E-state index in [2.05, 4.69) is 37.5 Å². The van der Waals surface area contributed by atoms with E-state index in [1.165, 1.54) is 23.7 Å². The number of halogens is 1. The van der Waals surface area contributed by atoms with E-state index < -0.39 is 0 Å². The molecule has 0 bridgehead atoms. The molecule has 44 heavy (non-hydrogen) atoms. The van der Waals surface area contributed by atoms with Crippen molar-refractivity contribution in [1.82, 2.24) is 30.0 Å². The van der Waals surface area contributed by atoms with E-state index in [0.29, 0.717) is 45.1 Å². The highest BCUT2D eigenvalue weighted by atomic mass is 32.1. The third-order valence-corrected chi connectivity index (χ3v) is 8.91. The number of hydrogen-bond acceptors (Lipinski definition) is 9. The molecular weight excluding hydrogens is 581 g/mol. The lowest BCUT2D eigenvalue weighted by atomic mass is 10.1. The monoisotopic (exact) mass is 611 g/mol. The van der Waals surface area contributed by atoms with Gasteiger partial charge in [-0.3, -0.25) is 10.00 Å². The van der Waals surface area contributed by atoms with Gasteiger partial charge in [0, 0.05) is 37.1 Å². The summed E-state index contributed by atoms with van der Waals surface area (Å²) in [6.45, 7) is 4.79. The minimum Gasteiger partial charge on any atom is -0.445 e. The number of morpholine rings is 1. The Morgan fingerprint density at radius 2 is 2.09 bits per heavy atom. The molecule has 2 saturated heterocycles. The number of hydrogen-bond donors (Lipinski definition) is 2. The van der Waals surface area contributed by atoms with Crippen LogP contribution in [-0.2, 0) is 9.47 Å². The molecular formula is C32H30FN7O3S. The number of anilines is 2. The van der Waals surface area contributed by atoms with Gasteiger partial charge in [0.1, 0.15) is 18.2 Å². The molecule has 0 radical (unpaired) electrons. The fourth-order valence-electron chi connectivity index (χ4n) is 5.51. The number of fused-ring (bicyclic) bond motifs is 2. The van der Waals surface area contributed by atoms with Gasteiger partial charge in [0.15, 0.2) is 5.82 Å². The maximum atomic E-state index is 13.8. The molecule has 5 heterocycles. The summed E-state index contributed by atoms with van der Waals surface area (Å²) in [7, 11) is 0. The molecule has 2 aromatic carbocycles. The molecule has 3 aromatic heterocycles. The van der Waals surface area contributed by atoms with E-state index >= 15 is 0 Å². The van der Waals surface area contributed by atoms with Gasteiger partial charge < -0.3 is 19.7 Å². The number of aromatic nitrogens is 4. The number of ether oxygens (including phenoxy) is 2. The van der Waals surface area contributed by atoms with E-state index in [9.17, 15) is 9.18 Å². The SMILES string of the molecule is CC(c1cccc(F)c1)n1ncc2cc(Nc3ncnc4cc(C#C[C@@H]5C[C@@H](OC(=O)N6CCOCC6)CN5)sc34)ccc21. The third-order valence-electron chi connectivity index (χ3n) is 7.86. The zero-order chi connectivity index (χ0) is 30.0. The molecule has 3 atom stereocenters. The van der Waals surface area contributed by atoms with Crippen molar-refractivity contribution in [3.8, 4) is 11.8 Å². The van der Waals surface area contributed by atoms with Crippen LogP contribution >= 0.6 is 11.3 Å². The van der Waals surface area contributed by atoms with Crippen molar-refractivity contribution in [3.63, 3.8) is 0 Å². The first-order valence-corrected chi connectivity index (χ1v) is 15.3. The highest BCUT2D eigenvalue weighted by Crippen LogP contribution is 2.32. The second-order valence-corrected chi connectivity index (χ2v) is 11.9. The molecule has 0 saturated carbocycles. The Balaban J connectivity index is 1.03. The number of carbonyl (C=O) groups excluding carboxylic acids is 1. The van der Waals surface area contributed by atoms with Gasteiger partial charge >= 0.3 is 6.09 Å². The fraction of sp³-hybridized carbons (Fsp3) is 0.312. The molecule has 2 aliphatic rings. The molecule has 10 nitrogen and oxygen atoms in total. The van der Waals surface area contributed by atoms with E-state index in [1.807, 2.05) is 48.1 Å². The van der Waals surface area contributed by atoms with E-state index in [0.717, 1.165) is 37.2 Å². The van der Waals surface area contributed by atoms with Gasteiger partial charge in [-0.15, -0.1) is 11.3 Å². The van der Waals surface area contributed by atoms with Crippen molar-refractivity contribution < 1.29 is 18.7 Å². The molecule has 1 unspecified atom stereocenters. The normalized spacial score (nSPS) is 19.1. The van der Waals surface area contributed by atoms with Crippen LogP contribution < -0.4 is 10.6 Å². The smallest absolute Gasteiger partial charge is 0.410 e. The first-order valence-electron chi connectivity index (χ1n) is 14.5. The van der Waals surface area contributed by atoms with Crippen LogP contribution in [0.1, 0.15) is 29.8 Å². The van der Waals surface area contributed by atoms with Gasteiger partial charge in [0.2, 0.25) is 0 Å². The van der Waals surface area contributed by atoms with E-state index in [-0.39, 0.29) is 30.1 Å². The standard InChI is InChI=1S/C32H30FN7O3S/c1-20(21-3-2-4-23(33)13-21)40-29-8-6-25(14-22(29)17-37-40)38-31-30-28(35-19-36-31)16-27(44-30)7-5-24-15-26(18-34-24)43-32(41)39-9-11-42-12-10-39/h2-4,6,8,13-14,16-17,19-20,24,26,34H,9-12,15,18H2,1H3,(H,35,36,38)/t20?,24-,26-/m1/s1. The van der Waals surface area contributed by atoms with Crippen LogP contribution in [0.25, 0.3) is 21.1 Å². The number of carbonyl (C=O) groups is 1. The van der Waals surface area contributed by atoms with Gasteiger partial charge in [0.05, 0.1) is 52.1 Å². The van der Waals surface area contributed by atoms with Gasteiger partial charge in [-0.1, -0.05) is 24.0 Å². The molecule has 7 rings (SSSR count). The zero-order valence-electron chi connectivity index (χ0n) is 24.0. The Morgan fingerprint density at radius 3 is 2.95 bits per heavy atom. The molecule has 5 aromatic rings. The minimum atomic E-state index is -0.289. The summed E-state index contributed by atoms with van der Waals surface area (Å²) in [6, 6.07) is 14.4. The van der Waals surface area contributed by atoms with Crippen LogP contribution in [-0.4, -0.2) is 75.7 Å². The Labute approximate surface area is 257 Å². The Hall–Kier alpha value is -4.57. The average molecular weight is 612 g/mol. The number of nitrogens with one attached hydrogen (secondary N) is 2. The van der Waals surface area contributed by atoms with Gasteiger partial charge in [0.25, 0.3) is 0 Å². The largest absolute Gasteiger partial charge is 0.445 e. The van der Waals surface area contributed by atoms with Crippen molar-refractivity contribution in [2.24, 2.45) is 0 Å². The van der Waals surface area contributed by atoms with Crippen LogP contribution in [0.4, 0.5) is 20.7 Å². The Kier molecular flexibility index (Phi) is 7.82. The zero-order valence-corrected chi connectivity index (χ0v) is 24.8. The summed E-state index contributed by atoms with van der Waals surface area (Å²) in [5.74, 6) is 6.98.